The molecule has 1 amide bonds. The number of benzene rings is 3. The average Bonchev–Trinajstić information content (AvgIpc) is 2.92. The summed E-state index contributed by atoms with van der Waals surface area (Å²) < 4.78 is 5.67. The van der Waals surface area contributed by atoms with Gasteiger partial charge in [0.05, 0.1) is 24.4 Å². The summed E-state index contributed by atoms with van der Waals surface area (Å²) in [5.74, 6) is 1.14. The lowest BCUT2D eigenvalue weighted by molar-refractivity contribution is -0.116. The van der Waals surface area contributed by atoms with Gasteiger partial charge in [0.2, 0.25) is 0 Å². The maximum absolute atomic E-state index is 14.4. The second kappa shape index (κ2) is 10.0. The predicted octanol–water partition coefficient (Wildman–Crippen LogP) is 4.89. The van der Waals surface area contributed by atoms with Crippen LogP contribution in [-0.4, -0.2) is 18.1 Å². The normalized spacial score (nSPS) is 19.2. The molecule has 184 valence electrons. The largest absolute Gasteiger partial charge is 0.495 e. The van der Waals surface area contributed by atoms with Gasteiger partial charge in [-0.15, -0.1) is 0 Å². The van der Waals surface area contributed by atoms with Crippen molar-refractivity contribution in [2.75, 3.05) is 12.0 Å². The minimum Gasteiger partial charge on any atom is -0.495 e. The number of hydrogen-bond donors (Lipinski definition) is 3. The lowest BCUT2D eigenvalue weighted by Gasteiger charge is -2.43. The molecule has 0 radical (unpaired) electrons. The second-order valence-corrected chi connectivity index (χ2v) is 9.31. The Labute approximate surface area is 217 Å². The van der Waals surface area contributed by atoms with Crippen LogP contribution >= 0.6 is 12.2 Å². The smallest absolute Gasteiger partial charge is 0.262 e. The molecule has 0 bridgehead atoms. The summed E-state index contributed by atoms with van der Waals surface area (Å²) in [6.07, 6.45) is 1.45. The van der Waals surface area contributed by atoms with Crippen LogP contribution in [0.1, 0.15) is 48.3 Å². The molecule has 2 atom stereocenters. The first-order valence-electron chi connectivity index (χ1n) is 12.3. The first kappa shape index (κ1) is 23.9. The number of ether oxygens (including phenoxy) is 1. The van der Waals surface area contributed by atoms with E-state index < -0.39 is 6.17 Å². The molecule has 0 aromatic heterocycles. The Kier molecular flexibility index (Phi) is 6.65. The van der Waals surface area contributed by atoms with Gasteiger partial charge in [-0.1, -0.05) is 74.5 Å². The Balaban J connectivity index is 1.65. The van der Waals surface area contributed by atoms with Crippen LogP contribution in [-0.2, 0) is 17.6 Å². The number of hydrogen-bond acceptors (Lipinski definition) is 4. The lowest BCUT2D eigenvalue weighted by atomic mass is 9.92. The highest BCUT2D eigenvalue weighted by molar-refractivity contribution is 7.80. The number of nitrogens with zero attached hydrogens (tertiary/aromatic N) is 1. The molecule has 6 nitrogen and oxygen atoms in total. The van der Waals surface area contributed by atoms with E-state index in [1.54, 1.807) is 12.0 Å². The van der Waals surface area contributed by atoms with Crippen LogP contribution in [0.2, 0.25) is 0 Å². The molecular weight excluding hydrogens is 468 g/mol. The second-order valence-electron chi connectivity index (χ2n) is 8.90. The SMILES string of the molecule is CCc1ccc([C@H]2NC3=C(C(=O)N2c2ccccc2OC)[C@@H](c2ccc(CC)cc2)NC(=S)N3)cc1. The first-order chi connectivity index (χ1) is 17.5. The van der Waals surface area contributed by atoms with E-state index in [0.29, 0.717) is 27.9 Å². The summed E-state index contributed by atoms with van der Waals surface area (Å²) in [6, 6.07) is 23.9. The van der Waals surface area contributed by atoms with E-state index in [0.717, 1.165) is 24.0 Å². The molecule has 0 aliphatic carbocycles. The molecule has 2 heterocycles. The molecule has 0 saturated heterocycles. The Hall–Kier alpha value is -3.84. The highest BCUT2D eigenvalue weighted by Gasteiger charge is 2.43. The average molecular weight is 499 g/mol. The number of amides is 1. The van der Waals surface area contributed by atoms with Gasteiger partial charge in [-0.2, -0.15) is 0 Å². The summed E-state index contributed by atoms with van der Waals surface area (Å²) in [5, 5.41) is 10.6. The fourth-order valence-corrected chi connectivity index (χ4v) is 5.02. The van der Waals surface area contributed by atoms with Crippen LogP contribution in [0.4, 0.5) is 5.69 Å². The van der Waals surface area contributed by atoms with E-state index in [1.807, 2.05) is 24.3 Å². The standard InChI is InChI=1S/C29H30N4O2S/c1-4-18-10-14-20(15-11-18)25-24-26(32-29(36)30-25)31-27(21-16-12-19(5-2)13-17-21)33(28(24)34)22-8-6-7-9-23(22)35-3/h6-17,25,27,31H,4-5H2,1-3H3,(H2,30,32,36)/t25-,27+/m1/s1. The van der Waals surface area contributed by atoms with Crippen LogP contribution in [0.5, 0.6) is 5.75 Å². The minimum atomic E-state index is -0.449. The van der Waals surface area contributed by atoms with E-state index in [9.17, 15) is 4.79 Å². The van der Waals surface area contributed by atoms with Gasteiger partial charge in [0.1, 0.15) is 17.7 Å². The molecular formula is C29H30N4O2S. The van der Waals surface area contributed by atoms with Crippen molar-refractivity contribution in [3.63, 3.8) is 0 Å². The van der Waals surface area contributed by atoms with Crippen molar-refractivity contribution in [1.29, 1.82) is 0 Å². The number of para-hydroxylation sites is 2. The first-order valence-corrected chi connectivity index (χ1v) is 12.7. The van der Waals surface area contributed by atoms with Crippen molar-refractivity contribution in [3.05, 3.63) is 106 Å². The zero-order valence-corrected chi connectivity index (χ0v) is 21.5. The molecule has 0 spiro atoms. The fraction of sp³-hybridized carbons (Fsp3) is 0.241. The quantitative estimate of drug-likeness (QED) is 0.421. The van der Waals surface area contributed by atoms with Crippen LogP contribution in [0.15, 0.2) is 84.2 Å². The molecule has 0 saturated carbocycles. The molecule has 7 heteroatoms. The highest BCUT2D eigenvalue weighted by atomic mass is 32.1. The van der Waals surface area contributed by atoms with Crippen molar-refractivity contribution < 1.29 is 9.53 Å². The zero-order valence-electron chi connectivity index (χ0n) is 20.7. The number of carbonyl (C=O) groups is 1. The van der Waals surface area contributed by atoms with Crippen molar-refractivity contribution in [2.45, 2.75) is 38.9 Å². The molecule has 36 heavy (non-hydrogen) atoms. The molecule has 3 aromatic rings. The number of aryl methyl sites for hydroxylation is 2. The Bertz CT molecular complexity index is 1320. The molecule has 3 N–H and O–H groups in total. The lowest BCUT2D eigenvalue weighted by Crippen LogP contribution is -2.58. The zero-order chi connectivity index (χ0) is 25.2. The molecule has 3 aromatic carbocycles. The van der Waals surface area contributed by atoms with Crippen molar-refractivity contribution in [2.24, 2.45) is 0 Å². The van der Waals surface area contributed by atoms with Gasteiger partial charge < -0.3 is 20.7 Å². The minimum absolute atomic E-state index is 0.120. The number of thiocarbonyl (C=S) groups is 1. The van der Waals surface area contributed by atoms with E-state index in [4.69, 9.17) is 17.0 Å². The number of methoxy groups -OCH3 is 1. The van der Waals surface area contributed by atoms with Crippen molar-refractivity contribution >= 4 is 28.9 Å². The monoisotopic (exact) mass is 498 g/mol. The third-order valence-electron chi connectivity index (χ3n) is 6.83. The molecule has 5 rings (SSSR count). The van der Waals surface area contributed by atoms with Gasteiger partial charge in [-0.25, -0.2) is 0 Å². The molecule has 2 aliphatic heterocycles. The highest BCUT2D eigenvalue weighted by Crippen LogP contribution is 2.40. The van der Waals surface area contributed by atoms with Gasteiger partial charge in [-0.05, 0) is 59.4 Å². The van der Waals surface area contributed by atoms with E-state index in [2.05, 4.69) is 78.3 Å². The maximum atomic E-state index is 14.4. The number of rotatable bonds is 6. The summed E-state index contributed by atoms with van der Waals surface area (Å²) >= 11 is 5.55. The van der Waals surface area contributed by atoms with E-state index >= 15 is 0 Å². The van der Waals surface area contributed by atoms with Gasteiger partial charge in [-0.3, -0.25) is 9.69 Å². The maximum Gasteiger partial charge on any atom is 0.262 e. The number of carbonyl (C=O) groups excluding carboxylic acids is 1. The Morgan fingerprint density at radius 3 is 2.08 bits per heavy atom. The summed E-state index contributed by atoms with van der Waals surface area (Å²) in [6.45, 7) is 4.25. The Morgan fingerprint density at radius 2 is 1.47 bits per heavy atom. The summed E-state index contributed by atoms with van der Waals surface area (Å²) in [4.78, 5) is 16.2. The van der Waals surface area contributed by atoms with Crippen LogP contribution in [0.3, 0.4) is 0 Å². The van der Waals surface area contributed by atoms with E-state index in [1.165, 1.54) is 11.1 Å². The third kappa shape index (κ3) is 4.31. The van der Waals surface area contributed by atoms with Crippen LogP contribution < -0.4 is 25.6 Å². The van der Waals surface area contributed by atoms with Gasteiger partial charge >= 0.3 is 0 Å². The Morgan fingerprint density at radius 1 is 0.861 bits per heavy atom. The molecule has 2 aliphatic rings. The van der Waals surface area contributed by atoms with Gasteiger partial charge in [0.25, 0.3) is 5.91 Å². The van der Waals surface area contributed by atoms with Gasteiger partial charge in [0.15, 0.2) is 5.11 Å². The molecule has 0 unspecified atom stereocenters. The summed E-state index contributed by atoms with van der Waals surface area (Å²) in [7, 11) is 1.62. The predicted molar refractivity (Wildman–Crippen MR) is 147 cm³/mol. The molecule has 0 fully saturated rings. The number of anilines is 1. The van der Waals surface area contributed by atoms with E-state index in [-0.39, 0.29) is 11.9 Å². The van der Waals surface area contributed by atoms with Gasteiger partial charge in [0, 0.05) is 0 Å². The van der Waals surface area contributed by atoms with Crippen LogP contribution in [0.25, 0.3) is 0 Å². The van der Waals surface area contributed by atoms with Crippen molar-refractivity contribution in [1.82, 2.24) is 16.0 Å². The number of nitrogens with one attached hydrogen (secondary N) is 3. The third-order valence-corrected chi connectivity index (χ3v) is 7.05. The fourth-order valence-electron chi connectivity index (χ4n) is 4.80. The van der Waals surface area contributed by atoms with Crippen LogP contribution in [0, 0.1) is 0 Å². The topological polar surface area (TPSA) is 65.6 Å². The summed E-state index contributed by atoms with van der Waals surface area (Å²) in [5.41, 5.74) is 5.70. The van der Waals surface area contributed by atoms with Crippen molar-refractivity contribution in [3.8, 4) is 5.75 Å².